The molecule has 1 aliphatic rings. The van der Waals surface area contributed by atoms with Crippen LogP contribution < -0.4 is 5.73 Å². The maximum Gasteiger partial charge on any atom is 0.337 e. The first kappa shape index (κ1) is 9.06. The Bertz CT molecular complexity index is 395. The molecule has 3 N–H and O–H groups in total. The minimum absolute atomic E-state index is 0.234. The van der Waals surface area contributed by atoms with Crippen LogP contribution in [0.3, 0.4) is 0 Å². The van der Waals surface area contributed by atoms with Crippen LogP contribution in [0, 0.1) is 6.92 Å². The van der Waals surface area contributed by atoms with Crippen molar-refractivity contribution in [3.8, 4) is 0 Å². The molecule has 1 aromatic carbocycles. The van der Waals surface area contributed by atoms with E-state index < -0.39 is 5.97 Å². The number of hydrogen-bond donors (Lipinski definition) is 2. The summed E-state index contributed by atoms with van der Waals surface area (Å²) in [4.78, 5) is 10.8. The Morgan fingerprint density at radius 3 is 2.64 bits per heavy atom. The van der Waals surface area contributed by atoms with Gasteiger partial charge in [0.25, 0.3) is 0 Å². The molecular weight excluding hydrogens is 178 g/mol. The maximum atomic E-state index is 10.8. The van der Waals surface area contributed by atoms with Crippen LogP contribution in [0.1, 0.15) is 40.2 Å². The fourth-order valence-electron chi connectivity index (χ4n) is 1.77. The number of nitrogen functional groups attached to an aromatic ring is 1. The lowest BCUT2D eigenvalue weighted by molar-refractivity contribution is 0.0698. The van der Waals surface area contributed by atoms with Crippen molar-refractivity contribution >= 4 is 11.7 Å². The van der Waals surface area contributed by atoms with Gasteiger partial charge in [0.05, 0.1) is 5.56 Å². The molecular formula is C11H13NO2. The minimum atomic E-state index is -0.940. The fourth-order valence-corrected chi connectivity index (χ4v) is 1.77. The second kappa shape index (κ2) is 3.01. The van der Waals surface area contributed by atoms with E-state index in [4.69, 9.17) is 10.8 Å². The highest BCUT2D eigenvalue weighted by Crippen LogP contribution is 2.42. The summed E-state index contributed by atoms with van der Waals surface area (Å²) in [6, 6.07) is 3.49. The average molecular weight is 191 g/mol. The third-order valence-electron chi connectivity index (χ3n) is 2.69. The Balaban J connectivity index is 2.51. The molecule has 1 fully saturated rings. The smallest absolute Gasteiger partial charge is 0.337 e. The molecule has 0 bridgehead atoms. The Morgan fingerprint density at radius 1 is 1.50 bits per heavy atom. The van der Waals surface area contributed by atoms with Crippen LogP contribution in [-0.2, 0) is 0 Å². The lowest BCUT2D eigenvalue weighted by Gasteiger charge is -2.08. The zero-order valence-corrected chi connectivity index (χ0v) is 8.08. The number of carboxylic acids is 1. The van der Waals surface area contributed by atoms with Gasteiger partial charge in [-0.2, -0.15) is 0 Å². The van der Waals surface area contributed by atoms with E-state index >= 15 is 0 Å². The van der Waals surface area contributed by atoms with Crippen molar-refractivity contribution in [2.75, 3.05) is 5.73 Å². The second-order valence-corrected chi connectivity index (χ2v) is 3.88. The maximum absolute atomic E-state index is 10.8. The highest BCUT2D eigenvalue weighted by Gasteiger charge is 2.26. The van der Waals surface area contributed by atoms with Crippen LogP contribution in [0.2, 0.25) is 0 Å². The minimum Gasteiger partial charge on any atom is -0.478 e. The van der Waals surface area contributed by atoms with Crippen molar-refractivity contribution < 1.29 is 9.90 Å². The summed E-state index contributed by atoms with van der Waals surface area (Å²) >= 11 is 0. The summed E-state index contributed by atoms with van der Waals surface area (Å²) in [7, 11) is 0. The summed E-state index contributed by atoms with van der Waals surface area (Å²) in [6.07, 6.45) is 2.34. The lowest BCUT2D eigenvalue weighted by Crippen LogP contribution is -2.04. The molecule has 0 aliphatic heterocycles. The monoisotopic (exact) mass is 191 g/mol. The molecule has 2 rings (SSSR count). The van der Waals surface area contributed by atoms with Gasteiger partial charge in [0, 0.05) is 5.69 Å². The Morgan fingerprint density at radius 2 is 2.14 bits per heavy atom. The molecule has 1 saturated carbocycles. The summed E-state index contributed by atoms with van der Waals surface area (Å²) in [5.41, 5.74) is 8.48. The van der Waals surface area contributed by atoms with E-state index in [0.29, 0.717) is 11.6 Å². The largest absolute Gasteiger partial charge is 0.478 e. The van der Waals surface area contributed by atoms with Gasteiger partial charge in [-0.15, -0.1) is 0 Å². The van der Waals surface area contributed by atoms with E-state index in [-0.39, 0.29) is 5.56 Å². The predicted octanol–water partition coefficient (Wildman–Crippen LogP) is 2.15. The molecule has 14 heavy (non-hydrogen) atoms. The molecule has 74 valence electrons. The van der Waals surface area contributed by atoms with E-state index in [1.54, 1.807) is 12.1 Å². The van der Waals surface area contributed by atoms with Crippen molar-refractivity contribution in [2.24, 2.45) is 0 Å². The summed E-state index contributed by atoms with van der Waals surface area (Å²) in [6.45, 7) is 1.98. The van der Waals surface area contributed by atoms with Crippen molar-refractivity contribution in [3.63, 3.8) is 0 Å². The first-order chi connectivity index (χ1) is 6.59. The van der Waals surface area contributed by atoms with E-state index in [1.165, 1.54) is 12.8 Å². The molecule has 0 unspecified atom stereocenters. The van der Waals surface area contributed by atoms with E-state index in [2.05, 4.69) is 0 Å². The number of anilines is 1. The summed E-state index contributed by atoms with van der Waals surface area (Å²) in [5, 5.41) is 8.90. The third kappa shape index (κ3) is 1.45. The van der Waals surface area contributed by atoms with Crippen molar-refractivity contribution in [1.29, 1.82) is 0 Å². The van der Waals surface area contributed by atoms with Gasteiger partial charge < -0.3 is 10.8 Å². The molecule has 3 heteroatoms. The van der Waals surface area contributed by atoms with Crippen LogP contribution in [0.25, 0.3) is 0 Å². The van der Waals surface area contributed by atoms with Gasteiger partial charge in [0.1, 0.15) is 0 Å². The topological polar surface area (TPSA) is 63.3 Å². The zero-order valence-electron chi connectivity index (χ0n) is 8.08. The highest BCUT2D eigenvalue weighted by molar-refractivity contribution is 5.94. The van der Waals surface area contributed by atoms with Crippen molar-refractivity contribution in [2.45, 2.75) is 25.7 Å². The Labute approximate surface area is 82.5 Å². The molecule has 1 aromatic rings. The summed E-state index contributed by atoms with van der Waals surface area (Å²) in [5.74, 6) is -0.377. The van der Waals surface area contributed by atoms with Gasteiger partial charge in [-0.3, -0.25) is 0 Å². The molecule has 0 aromatic heterocycles. The molecule has 0 amide bonds. The Kier molecular flexibility index (Phi) is 1.95. The highest BCUT2D eigenvalue weighted by atomic mass is 16.4. The van der Waals surface area contributed by atoms with Crippen molar-refractivity contribution in [3.05, 3.63) is 28.8 Å². The normalized spacial score (nSPS) is 15.5. The van der Waals surface area contributed by atoms with Crippen LogP contribution in [0.5, 0.6) is 0 Å². The first-order valence-corrected chi connectivity index (χ1v) is 4.73. The van der Waals surface area contributed by atoms with Gasteiger partial charge >= 0.3 is 5.97 Å². The van der Waals surface area contributed by atoms with Gasteiger partial charge in [0.15, 0.2) is 0 Å². The lowest BCUT2D eigenvalue weighted by atomic mass is 10.00. The molecule has 3 nitrogen and oxygen atoms in total. The van der Waals surface area contributed by atoms with E-state index in [0.717, 1.165) is 11.1 Å². The van der Waals surface area contributed by atoms with Gasteiger partial charge in [-0.25, -0.2) is 4.79 Å². The molecule has 0 spiro atoms. The quantitative estimate of drug-likeness (QED) is 0.704. The van der Waals surface area contributed by atoms with Crippen LogP contribution >= 0.6 is 0 Å². The number of nitrogens with two attached hydrogens (primary N) is 1. The SMILES string of the molecule is Cc1cc(N)c(C(=O)O)cc1C1CC1. The van der Waals surface area contributed by atoms with E-state index in [1.807, 2.05) is 6.92 Å². The number of rotatable bonds is 2. The predicted molar refractivity (Wildman–Crippen MR) is 54.5 cm³/mol. The Hall–Kier alpha value is -1.51. The standard InChI is InChI=1S/C11H13NO2/c1-6-4-10(12)9(11(13)14)5-8(6)7-2-3-7/h4-5,7H,2-3,12H2,1H3,(H,13,14). The number of hydrogen-bond acceptors (Lipinski definition) is 2. The first-order valence-electron chi connectivity index (χ1n) is 4.73. The number of aryl methyl sites for hydroxylation is 1. The van der Waals surface area contributed by atoms with Crippen molar-refractivity contribution in [1.82, 2.24) is 0 Å². The number of carbonyl (C=O) groups is 1. The van der Waals surface area contributed by atoms with Gasteiger partial charge in [0.2, 0.25) is 0 Å². The molecule has 0 heterocycles. The molecule has 0 radical (unpaired) electrons. The van der Waals surface area contributed by atoms with Crippen LogP contribution in [-0.4, -0.2) is 11.1 Å². The average Bonchev–Trinajstić information content (AvgIpc) is 2.86. The molecule has 0 atom stereocenters. The van der Waals surface area contributed by atoms with Gasteiger partial charge in [-0.1, -0.05) is 0 Å². The second-order valence-electron chi connectivity index (χ2n) is 3.88. The number of carboxylic acid groups (broad SMARTS) is 1. The zero-order chi connectivity index (χ0) is 10.3. The van der Waals surface area contributed by atoms with Crippen LogP contribution in [0.15, 0.2) is 12.1 Å². The van der Waals surface area contributed by atoms with E-state index in [9.17, 15) is 4.79 Å². The third-order valence-corrected chi connectivity index (χ3v) is 2.69. The number of benzene rings is 1. The van der Waals surface area contributed by atoms with Crippen LogP contribution in [0.4, 0.5) is 5.69 Å². The summed E-state index contributed by atoms with van der Waals surface area (Å²) < 4.78 is 0. The molecule has 1 aliphatic carbocycles. The molecule has 0 saturated heterocycles. The number of aromatic carboxylic acids is 1. The fraction of sp³-hybridized carbons (Fsp3) is 0.364. The van der Waals surface area contributed by atoms with Gasteiger partial charge in [-0.05, 0) is 48.9 Å².